The first-order valence-corrected chi connectivity index (χ1v) is 8.61. The van der Waals surface area contributed by atoms with Crippen molar-refractivity contribution in [1.29, 1.82) is 0 Å². The van der Waals surface area contributed by atoms with E-state index in [1.54, 1.807) is 27.2 Å². The smallest absolute Gasteiger partial charge is 0.273 e. The Morgan fingerprint density at radius 2 is 1.60 bits per heavy atom. The molecule has 2 amide bonds. The van der Waals surface area contributed by atoms with Crippen molar-refractivity contribution in [3.63, 3.8) is 0 Å². The predicted octanol–water partition coefficient (Wildman–Crippen LogP) is 1.35. The molecule has 142 valence electrons. The molecule has 9 heteroatoms. The van der Waals surface area contributed by atoms with E-state index in [9.17, 15) is 9.59 Å². The lowest BCUT2D eigenvalue weighted by Crippen LogP contribution is -2.33. The van der Waals surface area contributed by atoms with Gasteiger partial charge in [0.2, 0.25) is 0 Å². The summed E-state index contributed by atoms with van der Waals surface area (Å²) in [6, 6.07) is 0. The molecule has 3 N–H and O–H groups in total. The Morgan fingerprint density at radius 3 is 2.04 bits per heavy atom. The van der Waals surface area contributed by atoms with Gasteiger partial charge in [-0.25, -0.2) is 0 Å². The summed E-state index contributed by atoms with van der Waals surface area (Å²) >= 11 is 3.27. The van der Waals surface area contributed by atoms with Gasteiger partial charge >= 0.3 is 0 Å². The van der Waals surface area contributed by atoms with E-state index in [4.69, 9.17) is 14.7 Å². The second kappa shape index (κ2) is 14.6. The lowest BCUT2D eigenvalue weighted by atomic mass is 10.1. The number of halogens is 1. The van der Waals surface area contributed by atoms with Crippen LogP contribution < -0.4 is 10.6 Å². The monoisotopic (exact) mass is 419 g/mol. The molecule has 0 aliphatic heterocycles. The highest BCUT2D eigenvalue weighted by molar-refractivity contribution is 9.12. The molecule has 0 unspecified atom stereocenters. The van der Waals surface area contributed by atoms with E-state index in [2.05, 4.69) is 31.7 Å². The molecule has 0 saturated carbocycles. The van der Waals surface area contributed by atoms with Crippen LogP contribution in [0.25, 0.3) is 0 Å². The minimum atomic E-state index is -0.584. The van der Waals surface area contributed by atoms with Gasteiger partial charge in [-0.05, 0) is 25.8 Å². The highest BCUT2D eigenvalue weighted by Gasteiger charge is 2.17. The number of hydrogen-bond donors (Lipinski definition) is 3. The zero-order valence-corrected chi connectivity index (χ0v) is 16.4. The SMILES string of the molecule is C\C=C(Br)/C(=C\C(=N\O)C(=O)NCCCOC)C(=O)NCCCOC. The lowest BCUT2D eigenvalue weighted by Gasteiger charge is -2.09. The number of methoxy groups -OCH3 is 2. The Hall–Kier alpha value is -1.71. The van der Waals surface area contributed by atoms with E-state index >= 15 is 0 Å². The normalized spacial score (nSPS) is 12.9. The maximum absolute atomic E-state index is 12.3. The molecule has 0 rings (SSSR count). The Balaban J connectivity index is 5.02. The van der Waals surface area contributed by atoms with Gasteiger partial charge in [-0.3, -0.25) is 9.59 Å². The number of nitrogens with zero attached hydrogens (tertiary/aromatic N) is 1. The van der Waals surface area contributed by atoms with Crippen LogP contribution in [0.4, 0.5) is 0 Å². The Morgan fingerprint density at radius 1 is 1.08 bits per heavy atom. The van der Waals surface area contributed by atoms with Gasteiger partial charge in [-0.2, -0.15) is 0 Å². The summed E-state index contributed by atoms with van der Waals surface area (Å²) in [6.45, 7) is 3.54. The minimum absolute atomic E-state index is 0.180. The third-order valence-corrected chi connectivity index (χ3v) is 3.88. The maximum Gasteiger partial charge on any atom is 0.273 e. The van der Waals surface area contributed by atoms with Crippen LogP contribution in [-0.4, -0.2) is 63.3 Å². The van der Waals surface area contributed by atoms with E-state index in [0.717, 1.165) is 0 Å². The topological polar surface area (TPSA) is 109 Å². The third-order valence-electron chi connectivity index (χ3n) is 3.00. The van der Waals surface area contributed by atoms with Gasteiger partial charge in [0.05, 0.1) is 5.57 Å². The van der Waals surface area contributed by atoms with Gasteiger partial charge in [-0.15, -0.1) is 0 Å². The molecule has 0 aliphatic carbocycles. The molecule has 0 saturated heterocycles. The Labute approximate surface area is 156 Å². The van der Waals surface area contributed by atoms with Crippen LogP contribution in [0.2, 0.25) is 0 Å². The quantitative estimate of drug-likeness (QED) is 0.110. The summed E-state index contributed by atoms with van der Waals surface area (Å²) in [5, 5.41) is 17.4. The van der Waals surface area contributed by atoms with Gasteiger partial charge in [0.15, 0.2) is 5.71 Å². The third kappa shape index (κ3) is 10.0. The van der Waals surface area contributed by atoms with Crippen LogP contribution in [0, 0.1) is 0 Å². The van der Waals surface area contributed by atoms with Crippen LogP contribution in [0.1, 0.15) is 19.8 Å². The van der Waals surface area contributed by atoms with Crippen LogP contribution in [0.15, 0.2) is 27.4 Å². The predicted molar refractivity (Wildman–Crippen MR) is 99.0 cm³/mol. The number of carbonyl (C=O) groups is 2. The molecular weight excluding hydrogens is 394 g/mol. The second-order valence-corrected chi connectivity index (χ2v) is 5.74. The molecule has 0 aromatic rings. The molecule has 8 nitrogen and oxygen atoms in total. The zero-order valence-electron chi connectivity index (χ0n) is 14.8. The largest absolute Gasteiger partial charge is 0.410 e. The van der Waals surface area contributed by atoms with Crippen LogP contribution in [0.3, 0.4) is 0 Å². The van der Waals surface area contributed by atoms with Crippen molar-refractivity contribution in [2.75, 3.05) is 40.5 Å². The van der Waals surface area contributed by atoms with Crippen molar-refractivity contribution >= 4 is 33.5 Å². The summed E-state index contributed by atoms with van der Waals surface area (Å²) < 4.78 is 10.3. The summed E-state index contributed by atoms with van der Waals surface area (Å²) in [5.41, 5.74) is -0.0852. The number of allylic oxidation sites excluding steroid dienone is 1. The standard InChI is InChI=1S/C16H26BrN3O5/c1-4-13(17)12(15(21)18-7-5-9-24-2)11-14(20-23)16(22)19-8-6-10-25-3/h4,11,23H,5-10H2,1-3H3,(H,18,21)(H,19,22)/b12-11+,13-4+,20-14-. The van der Waals surface area contributed by atoms with Crippen molar-refractivity contribution < 1.29 is 24.3 Å². The highest BCUT2D eigenvalue weighted by Crippen LogP contribution is 2.17. The molecule has 0 aromatic heterocycles. The van der Waals surface area contributed by atoms with Crippen LogP contribution in [-0.2, 0) is 19.1 Å². The maximum atomic E-state index is 12.3. The Kier molecular flexibility index (Phi) is 13.6. The van der Waals surface area contributed by atoms with Crippen molar-refractivity contribution in [1.82, 2.24) is 10.6 Å². The zero-order chi connectivity index (χ0) is 19.1. The molecule has 0 bridgehead atoms. The molecule has 0 atom stereocenters. The first-order valence-electron chi connectivity index (χ1n) is 7.82. The lowest BCUT2D eigenvalue weighted by molar-refractivity contribution is -0.117. The van der Waals surface area contributed by atoms with Gasteiger partial charge in [-0.1, -0.05) is 27.2 Å². The summed E-state index contributed by atoms with van der Waals surface area (Å²) in [6.07, 6.45) is 4.16. The van der Waals surface area contributed by atoms with Gasteiger partial charge < -0.3 is 25.3 Å². The van der Waals surface area contributed by atoms with Crippen LogP contribution >= 0.6 is 15.9 Å². The minimum Gasteiger partial charge on any atom is -0.410 e. The van der Waals surface area contributed by atoms with E-state index in [0.29, 0.717) is 43.6 Å². The molecule has 0 aliphatic rings. The van der Waals surface area contributed by atoms with Crippen molar-refractivity contribution in [3.05, 3.63) is 22.2 Å². The summed E-state index contributed by atoms with van der Waals surface area (Å²) in [5.74, 6) is -0.978. The van der Waals surface area contributed by atoms with Crippen LogP contribution in [0.5, 0.6) is 0 Å². The first kappa shape index (κ1) is 23.3. The first-order chi connectivity index (χ1) is 12.0. The number of nitrogens with one attached hydrogen (secondary N) is 2. The van der Waals surface area contributed by atoms with Crippen molar-refractivity contribution in [2.24, 2.45) is 5.16 Å². The van der Waals surface area contributed by atoms with Gasteiger partial charge in [0.25, 0.3) is 11.8 Å². The summed E-state index contributed by atoms with van der Waals surface area (Å²) in [4.78, 5) is 24.3. The number of amides is 2. The van der Waals surface area contributed by atoms with Gasteiger partial charge in [0.1, 0.15) is 0 Å². The average molecular weight is 420 g/mol. The molecular formula is C16H26BrN3O5. The molecule has 25 heavy (non-hydrogen) atoms. The van der Waals surface area contributed by atoms with E-state index < -0.39 is 11.8 Å². The molecule has 0 aromatic carbocycles. The van der Waals surface area contributed by atoms with Gasteiger partial charge in [0, 0.05) is 45.0 Å². The second-order valence-electron chi connectivity index (χ2n) is 4.88. The molecule has 0 fully saturated rings. The van der Waals surface area contributed by atoms with E-state index in [1.807, 2.05) is 0 Å². The number of carbonyl (C=O) groups excluding carboxylic acids is 2. The Bertz CT molecular complexity index is 518. The van der Waals surface area contributed by atoms with Crippen molar-refractivity contribution in [3.8, 4) is 0 Å². The number of ether oxygens (including phenoxy) is 2. The highest BCUT2D eigenvalue weighted by atomic mass is 79.9. The fourth-order valence-electron chi connectivity index (χ4n) is 1.70. The number of rotatable bonds is 12. The molecule has 0 heterocycles. The average Bonchev–Trinajstić information content (AvgIpc) is 2.62. The molecule has 0 radical (unpaired) electrons. The molecule has 0 spiro atoms. The van der Waals surface area contributed by atoms with E-state index in [-0.39, 0.29) is 11.3 Å². The fourth-order valence-corrected chi connectivity index (χ4v) is 1.99. The van der Waals surface area contributed by atoms with Crippen molar-refractivity contribution in [2.45, 2.75) is 19.8 Å². The number of oxime groups is 1. The number of hydrogen-bond acceptors (Lipinski definition) is 6. The summed E-state index contributed by atoms with van der Waals surface area (Å²) in [7, 11) is 3.15. The fraction of sp³-hybridized carbons (Fsp3) is 0.562. The van der Waals surface area contributed by atoms with E-state index in [1.165, 1.54) is 6.08 Å².